The van der Waals surface area contributed by atoms with Crippen LogP contribution in [0.4, 0.5) is 10.1 Å². The zero-order valence-corrected chi connectivity index (χ0v) is 13.1. The van der Waals surface area contributed by atoms with Gasteiger partial charge >= 0.3 is 0 Å². The summed E-state index contributed by atoms with van der Waals surface area (Å²) in [7, 11) is 0. The van der Waals surface area contributed by atoms with Crippen LogP contribution >= 0.6 is 27.5 Å². The van der Waals surface area contributed by atoms with Crippen molar-refractivity contribution < 1.29 is 4.39 Å². The van der Waals surface area contributed by atoms with Crippen molar-refractivity contribution in [1.29, 1.82) is 0 Å². The Morgan fingerprint density at radius 3 is 2.70 bits per heavy atom. The van der Waals surface area contributed by atoms with Gasteiger partial charge in [-0.05, 0) is 54.7 Å². The molecule has 0 aromatic heterocycles. The summed E-state index contributed by atoms with van der Waals surface area (Å²) in [4.78, 5) is 0. The molecular formula is C16H14BrClFN. The van der Waals surface area contributed by atoms with Crippen molar-refractivity contribution >= 4 is 33.2 Å². The van der Waals surface area contributed by atoms with Gasteiger partial charge in [0.1, 0.15) is 5.82 Å². The van der Waals surface area contributed by atoms with Gasteiger partial charge in [-0.15, -0.1) is 0 Å². The molecule has 0 radical (unpaired) electrons. The normalized spacial score (nSPS) is 21.4. The van der Waals surface area contributed by atoms with Gasteiger partial charge in [-0.3, -0.25) is 0 Å². The molecule has 104 valence electrons. The van der Waals surface area contributed by atoms with Gasteiger partial charge in [-0.1, -0.05) is 39.7 Å². The lowest BCUT2D eigenvalue weighted by Crippen LogP contribution is -2.34. The summed E-state index contributed by atoms with van der Waals surface area (Å²) in [6.45, 7) is 0. The first-order valence-corrected chi connectivity index (χ1v) is 7.76. The molecule has 1 aliphatic carbocycles. The fourth-order valence-electron chi connectivity index (χ4n) is 2.60. The molecule has 1 N–H and O–H groups in total. The highest BCUT2D eigenvalue weighted by Gasteiger charge is 2.30. The molecule has 0 amide bonds. The lowest BCUT2D eigenvalue weighted by molar-refractivity contribution is 0.374. The van der Waals surface area contributed by atoms with Crippen LogP contribution in [0, 0.1) is 5.82 Å². The lowest BCUT2D eigenvalue weighted by Gasteiger charge is -2.37. The topological polar surface area (TPSA) is 12.0 Å². The van der Waals surface area contributed by atoms with Crippen molar-refractivity contribution in [2.24, 2.45) is 0 Å². The first kappa shape index (κ1) is 13.9. The minimum atomic E-state index is -0.264. The second-order valence-electron chi connectivity index (χ2n) is 5.19. The van der Waals surface area contributed by atoms with Crippen molar-refractivity contribution in [3.63, 3.8) is 0 Å². The fraction of sp³-hybridized carbons (Fsp3) is 0.250. The Balaban J connectivity index is 1.62. The van der Waals surface area contributed by atoms with Gasteiger partial charge in [-0.25, -0.2) is 4.39 Å². The van der Waals surface area contributed by atoms with Crippen molar-refractivity contribution in [3.8, 4) is 0 Å². The Kier molecular flexibility index (Phi) is 3.99. The molecule has 20 heavy (non-hydrogen) atoms. The van der Waals surface area contributed by atoms with Crippen LogP contribution in [-0.4, -0.2) is 6.04 Å². The second kappa shape index (κ2) is 5.74. The van der Waals surface area contributed by atoms with Gasteiger partial charge in [0.25, 0.3) is 0 Å². The Labute approximate surface area is 131 Å². The molecule has 1 saturated carbocycles. The zero-order valence-electron chi connectivity index (χ0n) is 10.7. The third-order valence-corrected chi connectivity index (χ3v) is 4.57. The number of halogens is 3. The van der Waals surface area contributed by atoms with Crippen molar-refractivity contribution in [3.05, 3.63) is 63.3 Å². The van der Waals surface area contributed by atoms with E-state index in [-0.39, 0.29) is 5.82 Å². The Bertz CT molecular complexity index is 626. The third-order valence-electron chi connectivity index (χ3n) is 3.75. The van der Waals surface area contributed by atoms with Crippen LogP contribution in [0.15, 0.2) is 46.9 Å². The van der Waals surface area contributed by atoms with Crippen LogP contribution in [0.2, 0.25) is 5.02 Å². The van der Waals surface area contributed by atoms with Crippen molar-refractivity contribution in [2.45, 2.75) is 24.8 Å². The number of rotatable bonds is 3. The zero-order chi connectivity index (χ0) is 14.1. The molecule has 0 unspecified atom stereocenters. The molecule has 3 rings (SSSR count). The largest absolute Gasteiger partial charge is 0.381 e. The standard InChI is InChI=1S/C16H14BrClFN/c17-12-3-1-2-10(6-12)11-7-14(8-11)20-16-9-13(19)4-5-15(16)18/h1-6,9,11,14,20H,7-8H2. The molecule has 0 atom stereocenters. The predicted octanol–water partition coefficient (Wildman–Crippen LogP) is 5.60. The van der Waals surface area contributed by atoms with Crippen molar-refractivity contribution in [1.82, 2.24) is 0 Å². The van der Waals surface area contributed by atoms with E-state index in [0.717, 1.165) is 17.3 Å². The average Bonchev–Trinajstić information content (AvgIpc) is 2.37. The number of hydrogen-bond donors (Lipinski definition) is 1. The molecule has 1 nitrogen and oxygen atoms in total. The summed E-state index contributed by atoms with van der Waals surface area (Å²) in [6.07, 6.45) is 2.09. The van der Waals surface area contributed by atoms with E-state index in [0.29, 0.717) is 22.7 Å². The summed E-state index contributed by atoms with van der Waals surface area (Å²) in [5, 5.41) is 3.89. The van der Waals surface area contributed by atoms with E-state index in [1.165, 1.54) is 17.7 Å². The number of nitrogens with one attached hydrogen (secondary N) is 1. The van der Waals surface area contributed by atoms with E-state index < -0.39 is 0 Å². The van der Waals surface area contributed by atoms with Crippen LogP contribution < -0.4 is 5.32 Å². The highest BCUT2D eigenvalue weighted by molar-refractivity contribution is 9.10. The van der Waals surface area contributed by atoms with Crippen LogP contribution in [0.1, 0.15) is 24.3 Å². The highest BCUT2D eigenvalue weighted by atomic mass is 79.9. The highest BCUT2D eigenvalue weighted by Crippen LogP contribution is 2.40. The van der Waals surface area contributed by atoms with E-state index in [9.17, 15) is 4.39 Å². The predicted molar refractivity (Wildman–Crippen MR) is 84.9 cm³/mol. The first-order valence-electron chi connectivity index (χ1n) is 6.59. The second-order valence-corrected chi connectivity index (χ2v) is 6.51. The maximum absolute atomic E-state index is 13.2. The molecule has 1 aliphatic rings. The summed E-state index contributed by atoms with van der Waals surface area (Å²) in [6, 6.07) is 13.2. The minimum absolute atomic E-state index is 0.264. The van der Waals surface area contributed by atoms with Crippen molar-refractivity contribution in [2.75, 3.05) is 5.32 Å². The Morgan fingerprint density at radius 2 is 1.95 bits per heavy atom. The van der Waals surface area contributed by atoms with Gasteiger partial charge in [-0.2, -0.15) is 0 Å². The first-order chi connectivity index (χ1) is 9.61. The molecule has 4 heteroatoms. The summed E-state index contributed by atoms with van der Waals surface area (Å²) in [5.74, 6) is 0.303. The van der Waals surface area contributed by atoms with Gasteiger partial charge in [0, 0.05) is 10.5 Å². The Morgan fingerprint density at radius 1 is 1.15 bits per heavy atom. The molecule has 0 saturated heterocycles. The Hall–Kier alpha value is -1.06. The van der Waals surface area contributed by atoms with Gasteiger partial charge < -0.3 is 5.32 Å². The monoisotopic (exact) mass is 353 g/mol. The summed E-state index contributed by atoms with van der Waals surface area (Å²) in [5.41, 5.74) is 2.03. The van der Waals surface area contributed by atoms with E-state index in [1.54, 1.807) is 6.07 Å². The minimum Gasteiger partial charge on any atom is -0.381 e. The van der Waals surface area contributed by atoms with Crippen LogP contribution in [0.25, 0.3) is 0 Å². The average molecular weight is 355 g/mol. The van der Waals surface area contributed by atoms with E-state index in [1.807, 2.05) is 6.07 Å². The van der Waals surface area contributed by atoms with E-state index in [4.69, 9.17) is 11.6 Å². The molecule has 0 spiro atoms. The lowest BCUT2D eigenvalue weighted by atomic mass is 9.76. The number of benzene rings is 2. The summed E-state index contributed by atoms with van der Waals surface area (Å²) >= 11 is 9.56. The molecular weight excluding hydrogens is 341 g/mol. The van der Waals surface area contributed by atoms with Crippen LogP contribution in [0.3, 0.4) is 0 Å². The third kappa shape index (κ3) is 2.99. The van der Waals surface area contributed by atoms with Crippen LogP contribution in [-0.2, 0) is 0 Å². The maximum Gasteiger partial charge on any atom is 0.125 e. The smallest absolute Gasteiger partial charge is 0.125 e. The van der Waals surface area contributed by atoms with Gasteiger partial charge in [0.2, 0.25) is 0 Å². The quantitative estimate of drug-likeness (QED) is 0.756. The molecule has 0 heterocycles. The molecule has 0 bridgehead atoms. The van der Waals surface area contributed by atoms with E-state index in [2.05, 4.69) is 39.4 Å². The molecule has 1 fully saturated rings. The van der Waals surface area contributed by atoms with E-state index >= 15 is 0 Å². The van der Waals surface area contributed by atoms with Gasteiger partial charge in [0.05, 0.1) is 10.7 Å². The fourth-order valence-corrected chi connectivity index (χ4v) is 3.19. The maximum atomic E-state index is 13.2. The molecule has 0 aliphatic heterocycles. The molecule has 2 aromatic carbocycles. The van der Waals surface area contributed by atoms with Gasteiger partial charge in [0.15, 0.2) is 0 Å². The number of anilines is 1. The SMILES string of the molecule is Fc1ccc(Cl)c(NC2CC(c3cccc(Br)c3)C2)c1. The van der Waals surface area contributed by atoms with Crippen LogP contribution in [0.5, 0.6) is 0 Å². The summed E-state index contributed by atoms with van der Waals surface area (Å²) < 4.78 is 14.3. The number of hydrogen-bond acceptors (Lipinski definition) is 1. The molecule has 2 aromatic rings.